The number of benzene rings is 1. The number of carboxylic acids is 2. The highest BCUT2D eigenvalue weighted by atomic mass is 16.4. The Morgan fingerprint density at radius 1 is 0.889 bits per heavy atom. The molecule has 0 atom stereocenters. The largest absolute Gasteiger partial charge is 0.478 e. The second-order valence-corrected chi connectivity index (χ2v) is 3.39. The maximum absolute atomic E-state index is 10.3. The molecule has 6 nitrogen and oxygen atoms in total. The van der Waals surface area contributed by atoms with Gasteiger partial charge in [0.15, 0.2) is 0 Å². The van der Waals surface area contributed by atoms with Crippen LogP contribution in [0.3, 0.4) is 0 Å². The molecule has 6 heteroatoms. The van der Waals surface area contributed by atoms with Crippen LogP contribution in [0.15, 0.2) is 24.3 Å². The molecule has 0 amide bonds. The molecule has 0 aliphatic carbocycles. The molecule has 1 rings (SSSR count). The lowest BCUT2D eigenvalue weighted by Gasteiger charge is -1.94. The molecule has 18 heavy (non-hydrogen) atoms. The number of hydrogen-bond donors (Lipinski definition) is 4. The number of rotatable bonds is 5. The molecule has 0 aliphatic heterocycles. The molecule has 0 spiro atoms. The van der Waals surface area contributed by atoms with Gasteiger partial charge in [0.25, 0.3) is 0 Å². The summed E-state index contributed by atoms with van der Waals surface area (Å²) < 4.78 is 0. The zero-order valence-electron chi connectivity index (χ0n) is 10.4. The van der Waals surface area contributed by atoms with Crippen molar-refractivity contribution in [1.29, 1.82) is 0 Å². The van der Waals surface area contributed by atoms with Crippen molar-refractivity contribution >= 4 is 11.9 Å². The van der Waals surface area contributed by atoms with Crippen molar-refractivity contribution in [2.24, 2.45) is 0 Å². The van der Waals surface area contributed by atoms with Crippen LogP contribution in [0.2, 0.25) is 0 Å². The molecule has 0 fully saturated rings. The van der Waals surface area contributed by atoms with Gasteiger partial charge in [-0.3, -0.25) is 0 Å². The van der Waals surface area contributed by atoms with Crippen molar-refractivity contribution in [1.82, 2.24) is 10.6 Å². The third-order valence-corrected chi connectivity index (χ3v) is 2.00. The molecule has 0 aliphatic rings. The van der Waals surface area contributed by atoms with E-state index < -0.39 is 11.9 Å². The van der Waals surface area contributed by atoms with Crippen LogP contribution in [0.4, 0.5) is 0 Å². The SMILES string of the molecule is CNCCNC.O=C(O)c1ccc(C(=O)O)cc1. The van der Waals surface area contributed by atoms with E-state index >= 15 is 0 Å². The van der Waals surface area contributed by atoms with E-state index in [2.05, 4.69) is 10.6 Å². The van der Waals surface area contributed by atoms with Crippen LogP contribution in [0.1, 0.15) is 20.7 Å². The molecule has 100 valence electrons. The summed E-state index contributed by atoms with van der Waals surface area (Å²) >= 11 is 0. The first kappa shape index (κ1) is 16.1. The van der Waals surface area contributed by atoms with Crippen molar-refractivity contribution in [3.8, 4) is 0 Å². The number of aromatic carboxylic acids is 2. The Morgan fingerprint density at radius 2 is 1.17 bits per heavy atom. The van der Waals surface area contributed by atoms with E-state index in [1.54, 1.807) is 0 Å². The van der Waals surface area contributed by atoms with Gasteiger partial charge in [-0.15, -0.1) is 0 Å². The smallest absolute Gasteiger partial charge is 0.335 e. The second kappa shape index (κ2) is 9.15. The van der Waals surface area contributed by atoms with Gasteiger partial charge in [-0.05, 0) is 38.4 Å². The minimum absolute atomic E-state index is 0.0833. The van der Waals surface area contributed by atoms with Gasteiger partial charge < -0.3 is 20.8 Å². The van der Waals surface area contributed by atoms with E-state index in [0.29, 0.717) is 0 Å². The van der Waals surface area contributed by atoms with Gasteiger partial charge in [-0.25, -0.2) is 9.59 Å². The molecule has 1 aromatic carbocycles. The first-order chi connectivity index (χ1) is 8.52. The molecule has 0 heterocycles. The third-order valence-electron chi connectivity index (χ3n) is 2.00. The van der Waals surface area contributed by atoms with E-state index in [-0.39, 0.29) is 11.1 Å². The molecule has 0 radical (unpaired) electrons. The van der Waals surface area contributed by atoms with E-state index in [1.807, 2.05) is 14.1 Å². The Balaban J connectivity index is 0.000000411. The third kappa shape index (κ3) is 6.62. The summed E-state index contributed by atoms with van der Waals surface area (Å²) in [5.74, 6) is -2.13. The van der Waals surface area contributed by atoms with Crippen LogP contribution in [-0.2, 0) is 0 Å². The molecule has 1 aromatic rings. The average Bonchev–Trinajstić information content (AvgIpc) is 2.37. The summed E-state index contributed by atoms with van der Waals surface area (Å²) in [4.78, 5) is 20.7. The van der Waals surface area contributed by atoms with Crippen molar-refractivity contribution in [3.05, 3.63) is 35.4 Å². The standard InChI is InChI=1S/C8H6O4.C4H12N2/c9-7(10)5-1-2-6(4-3-5)8(11)12;1-5-3-4-6-2/h1-4H,(H,9,10)(H,11,12);5-6H,3-4H2,1-2H3. The lowest BCUT2D eigenvalue weighted by atomic mass is 10.1. The van der Waals surface area contributed by atoms with E-state index in [1.165, 1.54) is 24.3 Å². The molecule has 0 aromatic heterocycles. The maximum atomic E-state index is 10.3. The van der Waals surface area contributed by atoms with E-state index in [4.69, 9.17) is 10.2 Å². The van der Waals surface area contributed by atoms with Crippen LogP contribution in [-0.4, -0.2) is 49.3 Å². The molecule has 0 saturated carbocycles. The number of hydrogen-bond acceptors (Lipinski definition) is 4. The molecule has 0 saturated heterocycles. The van der Waals surface area contributed by atoms with Gasteiger partial charge in [0.05, 0.1) is 11.1 Å². The highest BCUT2D eigenvalue weighted by Crippen LogP contribution is 2.03. The van der Waals surface area contributed by atoms with E-state index in [9.17, 15) is 9.59 Å². The molecule has 0 unspecified atom stereocenters. The zero-order valence-corrected chi connectivity index (χ0v) is 10.4. The number of carboxylic acid groups (broad SMARTS) is 2. The monoisotopic (exact) mass is 254 g/mol. The van der Waals surface area contributed by atoms with Gasteiger partial charge in [-0.1, -0.05) is 0 Å². The lowest BCUT2D eigenvalue weighted by molar-refractivity contribution is 0.0681. The van der Waals surface area contributed by atoms with Crippen molar-refractivity contribution in [2.45, 2.75) is 0 Å². The summed E-state index contributed by atoms with van der Waals surface area (Å²) in [5.41, 5.74) is 0.167. The molecule has 0 bridgehead atoms. The predicted octanol–water partition coefficient (Wildman–Crippen LogP) is 0.508. The normalized spacial score (nSPS) is 9.22. The van der Waals surface area contributed by atoms with Crippen LogP contribution in [0.5, 0.6) is 0 Å². The molecular formula is C12H18N2O4. The van der Waals surface area contributed by atoms with Crippen LogP contribution >= 0.6 is 0 Å². The fourth-order valence-corrected chi connectivity index (χ4v) is 1.01. The topological polar surface area (TPSA) is 98.7 Å². The fourth-order valence-electron chi connectivity index (χ4n) is 1.01. The van der Waals surface area contributed by atoms with E-state index in [0.717, 1.165) is 13.1 Å². The van der Waals surface area contributed by atoms with Gasteiger partial charge in [0, 0.05) is 13.1 Å². The Bertz CT molecular complexity index is 339. The minimum Gasteiger partial charge on any atom is -0.478 e. The van der Waals surface area contributed by atoms with Gasteiger partial charge >= 0.3 is 11.9 Å². The Hall–Kier alpha value is -1.92. The van der Waals surface area contributed by atoms with Crippen molar-refractivity contribution < 1.29 is 19.8 Å². The number of nitrogens with one attached hydrogen (secondary N) is 2. The van der Waals surface area contributed by atoms with Gasteiger partial charge in [-0.2, -0.15) is 0 Å². The summed E-state index contributed by atoms with van der Waals surface area (Å²) in [6.45, 7) is 2.10. The van der Waals surface area contributed by atoms with Crippen molar-refractivity contribution in [2.75, 3.05) is 27.2 Å². The first-order valence-electron chi connectivity index (χ1n) is 5.38. The molecule has 4 N–H and O–H groups in total. The highest BCUT2D eigenvalue weighted by Gasteiger charge is 2.04. The second-order valence-electron chi connectivity index (χ2n) is 3.39. The van der Waals surface area contributed by atoms with Crippen LogP contribution in [0, 0.1) is 0 Å². The summed E-state index contributed by atoms with van der Waals surface area (Å²) in [6.07, 6.45) is 0. The Labute approximate surface area is 106 Å². The maximum Gasteiger partial charge on any atom is 0.335 e. The predicted molar refractivity (Wildman–Crippen MR) is 68.2 cm³/mol. The number of likely N-dealkylation sites (N-methyl/N-ethyl adjacent to an activating group) is 2. The Kier molecular flexibility index (Phi) is 8.17. The van der Waals surface area contributed by atoms with Gasteiger partial charge in [0.2, 0.25) is 0 Å². The Morgan fingerprint density at radius 3 is 1.33 bits per heavy atom. The van der Waals surface area contributed by atoms with Gasteiger partial charge in [0.1, 0.15) is 0 Å². The highest BCUT2D eigenvalue weighted by molar-refractivity contribution is 5.91. The lowest BCUT2D eigenvalue weighted by Crippen LogP contribution is -2.21. The summed E-state index contributed by atoms with van der Waals surface area (Å²) in [7, 11) is 3.88. The average molecular weight is 254 g/mol. The van der Waals surface area contributed by atoms with Crippen LogP contribution < -0.4 is 10.6 Å². The summed E-state index contributed by atoms with van der Waals surface area (Å²) in [6, 6.07) is 5.02. The zero-order chi connectivity index (χ0) is 14.0. The quantitative estimate of drug-likeness (QED) is 0.571. The molecular weight excluding hydrogens is 236 g/mol. The minimum atomic E-state index is -1.06. The number of carbonyl (C=O) groups is 2. The van der Waals surface area contributed by atoms with Crippen molar-refractivity contribution in [3.63, 3.8) is 0 Å². The first-order valence-corrected chi connectivity index (χ1v) is 5.38. The summed E-state index contributed by atoms with van der Waals surface area (Å²) in [5, 5.41) is 22.9. The van der Waals surface area contributed by atoms with Crippen LogP contribution in [0.25, 0.3) is 0 Å². The fraction of sp³-hybridized carbons (Fsp3) is 0.333.